The van der Waals surface area contributed by atoms with E-state index >= 15 is 0 Å². The zero-order chi connectivity index (χ0) is 20.2. The molecule has 6 heteroatoms. The molecule has 144 valence electrons. The van der Waals surface area contributed by atoms with Crippen molar-refractivity contribution in [3.05, 3.63) is 100.0 Å². The predicted octanol–water partition coefficient (Wildman–Crippen LogP) is 6.14. The van der Waals surface area contributed by atoms with E-state index < -0.39 is 0 Å². The quantitative estimate of drug-likeness (QED) is 0.384. The molecule has 0 unspecified atom stereocenters. The smallest absolute Gasteiger partial charge is 0.229 e. The maximum atomic E-state index is 12.7. The Morgan fingerprint density at radius 3 is 2.41 bits per heavy atom. The van der Waals surface area contributed by atoms with Gasteiger partial charge in [0, 0.05) is 16.1 Å². The second kappa shape index (κ2) is 8.64. The van der Waals surface area contributed by atoms with Gasteiger partial charge in [-0.1, -0.05) is 88.2 Å². The van der Waals surface area contributed by atoms with Crippen molar-refractivity contribution in [1.29, 1.82) is 0 Å². The lowest BCUT2D eigenvalue weighted by molar-refractivity contribution is -0.115. The molecule has 1 heterocycles. The number of benzene rings is 3. The van der Waals surface area contributed by atoms with E-state index in [4.69, 9.17) is 16.7 Å². The van der Waals surface area contributed by atoms with Crippen molar-refractivity contribution in [2.24, 2.45) is 0 Å². The van der Waals surface area contributed by atoms with E-state index in [9.17, 15) is 4.79 Å². The van der Waals surface area contributed by atoms with Crippen LogP contribution in [0.2, 0.25) is 5.02 Å². The van der Waals surface area contributed by atoms with Crippen LogP contribution in [-0.2, 0) is 11.2 Å². The Morgan fingerprint density at radius 2 is 1.66 bits per heavy atom. The van der Waals surface area contributed by atoms with Gasteiger partial charge in [0.15, 0.2) is 0 Å². The first-order valence-electron chi connectivity index (χ1n) is 9.05. The molecule has 0 aliphatic heterocycles. The van der Waals surface area contributed by atoms with Crippen molar-refractivity contribution < 1.29 is 4.79 Å². The lowest BCUT2D eigenvalue weighted by Gasteiger charge is -2.10. The van der Waals surface area contributed by atoms with Crippen molar-refractivity contribution in [2.45, 2.75) is 6.42 Å². The van der Waals surface area contributed by atoms with Crippen LogP contribution in [0.15, 0.2) is 89.4 Å². The molecule has 0 saturated carbocycles. The van der Waals surface area contributed by atoms with Gasteiger partial charge >= 0.3 is 0 Å². The number of hydrogen-bond donors (Lipinski definition) is 1. The molecule has 4 rings (SSSR count). The molecule has 1 N–H and O–H groups in total. The third-order valence-corrected chi connectivity index (χ3v) is 5.53. The summed E-state index contributed by atoms with van der Waals surface area (Å²) >= 11 is 9.88. The van der Waals surface area contributed by atoms with E-state index in [0.717, 1.165) is 21.3 Å². The third kappa shape index (κ3) is 4.42. The highest BCUT2D eigenvalue weighted by Gasteiger charge is 2.16. The minimum atomic E-state index is -0.135. The monoisotopic (exact) mass is 465 g/mol. The van der Waals surface area contributed by atoms with Crippen LogP contribution in [0, 0.1) is 0 Å². The van der Waals surface area contributed by atoms with E-state index in [1.807, 2.05) is 78.9 Å². The Morgan fingerprint density at radius 1 is 0.966 bits per heavy atom. The molecule has 0 aliphatic rings. The summed E-state index contributed by atoms with van der Waals surface area (Å²) in [4.78, 5) is 12.7. The molecular weight excluding hydrogens is 450 g/mol. The Balaban J connectivity index is 1.69. The van der Waals surface area contributed by atoms with Crippen LogP contribution in [0.4, 0.5) is 5.82 Å². The zero-order valence-electron chi connectivity index (χ0n) is 15.3. The molecule has 0 spiro atoms. The van der Waals surface area contributed by atoms with E-state index in [-0.39, 0.29) is 12.3 Å². The minimum absolute atomic E-state index is 0.135. The van der Waals surface area contributed by atoms with Crippen LogP contribution in [0.25, 0.3) is 16.9 Å². The first-order valence-corrected chi connectivity index (χ1v) is 10.2. The van der Waals surface area contributed by atoms with Crippen LogP contribution >= 0.6 is 27.5 Å². The van der Waals surface area contributed by atoms with Gasteiger partial charge in [0.2, 0.25) is 5.91 Å². The lowest BCUT2D eigenvalue weighted by Crippen LogP contribution is -2.17. The van der Waals surface area contributed by atoms with E-state index in [1.54, 1.807) is 10.7 Å². The molecule has 1 aromatic heterocycles. The zero-order valence-corrected chi connectivity index (χ0v) is 17.7. The molecule has 4 nitrogen and oxygen atoms in total. The summed E-state index contributed by atoms with van der Waals surface area (Å²) in [6.07, 6.45) is 0.246. The van der Waals surface area contributed by atoms with Crippen molar-refractivity contribution in [2.75, 3.05) is 5.32 Å². The molecule has 0 radical (unpaired) electrons. The topological polar surface area (TPSA) is 46.9 Å². The number of halogens is 2. The highest BCUT2D eigenvalue weighted by molar-refractivity contribution is 9.10. The summed E-state index contributed by atoms with van der Waals surface area (Å²) in [6.45, 7) is 0. The lowest BCUT2D eigenvalue weighted by atomic mass is 10.1. The van der Waals surface area contributed by atoms with E-state index in [0.29, 0.717) is 16.5 Å². The predicted molar refractivity (Wildman–Crippen MR) is 120 cm³/mol. The van der Waals surface area contributed by atoms with Gasteiger partial charge in [-0.3, -0.25) is 4.79 Å². The Labute approximate surface area is 182 Å². The SMILES string of the molecule is O=C(Cc1ccccc1Br)Nc1cc(-c2ccccc2)nn1-c1ccccc1Cl. The fourth-order valence-electron chi connectivity index (χ4n) is 3.03. The first kappa shape index (κ1) is 19.4. The number of para-hydroxylation sites is 1. The van der Waals surface area contributed by atoms with Crippen LogP contribution in [0.3, 0.4) is 0 Å². The number of nitrogens with one attached hydrogen (secondary N) is 1. The number of hydrogen-bond acceptors (Lipinski definition) is 2. The van der Waals surface area contributed by atoms with Gasteiger partial charge in [0.05, 0.1) is 22.8 Å². The molecule has 29 heavy (non-hydrogen) atoms. The summed E-state index contributed by atoms with van der Waals surface area (Å²) in [5.74, 6) is 0.429. The average Bonchev–Trinajstić information content (AvgIpc) is 3.14. The van der Waals surface area contributed by atoms with Crippen LogP contribution in [0.5, 0.6) is 0 Å². The summed E-state index contributed by atoms with van der Waals surface area (Å²) in [7, 11) is 0. The highest BCUT2D eigenvalue weighted by Crippen LogP contribution is 2.28. The van der Waals surface area contributed by atoms with Gasteiger partial charge in [0.1, 0.15) is 5.82 Å². The first-order chi connectivity index (χ1) is 14.1. The van der Waals surface area contributed by atoms with Gasteiger partial charge in [0.25, 0.3) is 0 Å². The normalized spacial score (nSPS) is 10.7. The average molecular weight is 467 g/mol. The number of carbonyl (C=O) groups is 1. The fourth-order valence-corrected chi connectivity index (χ4v) is 3.67. The number of aromatic nitrogens is 2. The van der Waals surface area contributed by atoms with Crippen molar-refractivity contribution >= 4 is 39.3 Å². The Kier molecular flexibility index (Phi) is 5.79. The van der Waals surface area contributed by atoms with Crippen LogP contribution < -0.4 is 5.32 Å². The number of carbonyl (C=O) groups excluding carboxylic acids is 1. The molecule has 0 saturated heterocycles. The van der Waals surface area contributed by atoms with Crippen molar-refractivity contribution in [3.8, 4) is 16.9 Å². The van der Waals surface area contributed by atoms with Gasteiger partial charge in [-0.05, 0) is 23.8 Å². The van der Waals surface area contributed by atoms with Gasteiger partial charge in [-0.25, -0.2) is 4.68 Å². The molecule has 4 aromatic rings. The van der Waals surface area contributed by atoms with Gasteiger partial charge in [-0.2, -0.15) is 5.10 Å². The van der Waals surface area contributed by atoms with Crippen LogP contribution in [0.1, 0.15) is 5.56 Å². The molecule has 0 bridgehead atoms. The highest BCUT2D eigenvalue weighted by atomic mass is 79.9. The third-order valence-electron chi connectivity index (χ3n) is 4.44. The second-order valence-electron chi connectivity index (χ2n) is 6.46. The van der Waals surface area contributed by atoms with Crippen molar-refractivity contribution in [3.63, 3.8) is 0 Å². The van der Waals surface area contributed by atoms with Crippen molar-refractivity contribution in [1.82, 2.24) is 9.78 Å². The molecule has 1 amide bonds. The Bertz CT molecular complexity index is 1160. The summed E-state index contributed by atoms with van der Waals surface area (Å²) in [5, 5.41) is 8.23. The molecule has 3 aromatic carbocycles. The summed E-state index contributed by atoms with van der Waals surface area (Å²) in [6, 6.07) is 26.8. The van der Waals surface area contributed by atoms with Crippen LogP contribution in [-0.4, -0.2) is 15.7 Å². The van der Waals surface area contributed by atoms with Gasteiger partial charge in [-0.15, -0.1) is 0 Å². The minimum Gasteiger partial charge on any atom is -0.310 e. The number of anilines is 1. The Hall–Kier alpha value is -2.89. The maximum Gasteiger partial charge on any atom is 0.229 e. The van der Waals surface area contributed by atoms with E-state index in [1.165, 1.54) is 0 Å². The fraction of sp³-hybridized carbons (Fsp3) is 0.0435. The largest absolute Gasteiger partial charge is 0.310 e. The molecular formula is C23H17BrClN3O. The van der Waals surface area contributed by atoms with Gasteiger partial charge < -0.3 is 5.32 Å². The second-order valence-corrected chi connectivity index (χ2v) is 7.72. The number of amides is 1. The summed E-state index contributed by atoms with van der Waals surface area (Å²) in [5.41, 5.74) is 3.32. The molecule has 0 aliphatic carbocycles. The standard InChI is InChI=1S/C23H17BrClN3O/c24-18-11-5-4-10-17(18)14-23(29)26-22-15-20(16-8-2-1-3-9-16)27-28(22)21-13-7-6-12-19(21)25/h1-13,15H,14H2,(H,26,29). The molecule has 0 fully saturated rings. The molecule has 0 atom stereocenters. The summed E-state index contributed by atoms with van der Waals surface area (Å²) < 4.78 is 2.57. The van der Waals surface area contributed by atoms with E-state index in [2.05, 4.69) is 21.2 Å². The number of nitrogens with zero attached hydrogens (tertiary/aromatic N) is 2. The number of rotatable bonds is 5. The maximum absolute atomic E-state index is 12.7.